The van der Waals surface area contributed by atoms with Gasteiger partial charge in [0.1, 0.15) is 11.5 Å². The third kappa shape index (κ3) is 2.48. The summed E-state index contributed by atoms with van der Waals surface area (Å²) in [5.41, 5.74) is 7.46. The zero-order chi connectivity index (χ0) is 18.8. The molecule has 3 N–H and O–H groups in total. The van der Waals surface area contributed by atoms with Crippen molar-refractivity contribution in [3.63, 3.8) is 0 Å². The van der Waals surface area contributed by atoms with Crippen molar-refractivity contribution in [2.75, 3.05) is 0 Å². The van der Waals surface area contributed by atoms with Crippen LogP contribution in [0.2, 0.25) is 0 Å². The Balaban J connectivity index is 1.61. The topological polar surface area (TPSA) is 80.4 Å². The van der Waals surface area contributed by atoms with Crippen molar-refractivity contribution in [3.05, 3.63) is 28.8 Å². The number of fused-ring (bicyclic) bond motifs is 1. The molecular weight excluding hydrogens is 338 g/mol. The summed E-state index contributed by atoms with van der Waals surface area (Å²) in [5, 5.41) is 11.0. The van der Waals surface area contributed by atoms with E-state index in [-0.39, 0.29) is 16.7 Å². The molecule has 4 heteroatoms. The zero-order valence-corrected chi connectivity index (χ0v) is 15.9. The summed E-state index contributed by atoms with van der Waals surface area (Å²) in [5.74, 6) is 2.47. The molecule has 1 aromatic carbocycles. The average Bonchev–Trinajstić information content (AvgIpc) is 2.58. The average molecular weight is 367 g/mol. The molecule has 0 saturated heterocycles. The standard InChI is InChI=1S/C23H29NO3/c24-22(27)17-6-4-15-11-18-14(10-13-2-1-3-13)8-9-23(20(15)21(17)26)12-16(25)5-7-19(18)23/h4,6,13-14,18-19,26H,1-3,5,7-12H2,(H2,24,27). The number of phenols is 1. The van der Waals surface area contributed by atoms with Gasteiger partial charge in [-0.1, -0.05) is 25.3 Å². The van der Waals surface area contributed by atoms with Crippen molar-refractivity contribution in [1.82, 2.24) is 0 Å². The van der Waals surface area contributed by atoms with E-state index in [1.807, 2.05) is 6.07 Å². The Bertz CT molecular complexity index is 812. The van der Waals surface area contributed by atoms with Crippen molar-refractivity contribution >= 4 is 11.7 Å². The third-order valence-electron chi connectivity index (χ3n) is 8.38. The minimum atomic E-state index is -0.592. The summed E-state index contributed by atoms with van der Waals surface area (Å²) in [4.78, 5) is 24.3. The van der Waals surface area contributed by atoms with Gasteiger partial charge in [-0.2, -0.15) is 0 Å². The Kier molecular flexibility index (Phi) is 3.89. The monoisotopic (exact) mass is 367 g/mol. The molecule has 3 saturated carbocycles. The van der Waals surface area contributed by atoms with Crippen LogP contribution in [-0.2, 0) is 16.6 Å². The number of aromatic hydroxyl groups is 1. The molecule has 5 rings (SSSR count). The van der Waals surface area contributed by atoms with Gasteiger partial charge in [0, 0.05) is 23.8 Å². The molecule has 0 heterocycles. The summed E-state index contributed by atoms with van der Waals surface area (Å²) in [6, 6.07) is 3.67. The van der Waals surface area contributed by atoms with E-state index < -0.39 is 5.91 Å². The summed E-state index contributed by atoms with van der Waals surface area (Å²) in [7, 11) is 0. The van der Waals surface area contributed by atoms with Gasteiger partial charge in [0.2, 0.25) is 0 Å². The number of amides is 1. The van der Waals surface area contributed by atoms with Gasteiger partial charge in [0.25, 0.3) is 5.91 Å². The van der Waals surface area contributed by atoms with Gasteiger partial charge >= 0.3 is 0 Å². The summed E-state index contributed by atoms with van der Waals surface area (Å²) < 4.78 is 0. The molecule has 0 spiro atoms. The molecule has 27 heavy (non-hydrogen) atoms. The molecule has 4 atom stereocenters. The normalized spacial score (nSPS) is 35.1. The fourth-order valence-electron chi connectivity index (χ4n) is 7.02. The fourth-order valence-corrected chi connectivity index (χ4v) is 7.02. The number of hydrogen-bond acceptors (Lipinski definition) is 3. The van der Waals surface area contributed by atoms with Crippen LogP contribution in [0.5, 0.6) is 5.75 Å². The predicted molar refractivity (Wildman–Crippen MR) is 103 cm³/mol. The van der Waals surface area contributed by atoms with Crippen LogP contribution in [0.3, 0.4) is 0 Å². The van der Waals surface area contributed by atoms with E-state index in [0.29, 0.717) is 30.5 Å². The number of carbonyl (C=O) groups excluding carboxylic acids is 2. The lowest BCUT2D eigenvalue weighted by Gasteiger charge is -2.58. The van der Waals surface area contributed by atoms with Gasteiger partial charge < -0.3 is 10.8 Å². The number of hydrogen-bond donors (Lipinski definition) is 2. The van der Waals surface area contributed by atoms with E-state index in [1.165, 1.54) is 25.7 Å². The molecule has 0 aromatic heterocycles. The maximum absolute atomic E-state index is 12.5. The van der Waals surface area contributed by atoms with E-state index in [0.717, 1.165) is 48.6 Å². The molecule has 1 amide bonds. The van der Waals surface area contributed by atoms with E-state index >= 15 is 0 Å². The number of nitrogens with two attached hydrogens (primary N) is 1. The molecule has 4 nitrogen and oxygen atoms in total. The van der Waals surface area contributed by atoms with E-state index in [1.54, 1.807) is 6.07 Å². The highest BCUT2D eigenvalue weighted by atomic mass is 16.3. The Morgan fingerprint density at radius 2 is 2.04 bits per heavy atom. The first kappa shape index (κ1) is 17.3. The van der Waals surface area contributed by atoms with Crippen molar-refractivity contribution in [1.29, 1.82) is 0 Å². The first-order chi connectivity index (χ1) is 13.0. The maximum atomic E-state index is 12.5. The Morgan fingerprint density at radius 1 is 1.22 bits per heavy atom. The minimum Gasteiger partial charge on any atom is -0.507 e. The fraction of sp³-hybridized carbons (Fsp3) is 0.652. The van der Waals surface area contributed by atoms with Gasteiger partial charge in [0.05, 0.1) is 5.56 Å². The zero-order valence-electron chi connectivity index (χ0n) is 15.9. The van der Waals surface area contributed by atoms with E-state index in [2.05, 4.69) is 0 Å². The van der Waals surface area contributed by atoms with E-state index in [4.69, 9.17) is 5.73 Å². The van der Waals surface area contributed by atoms with Gasteiger partial charge in [-0.3, -0.25) is 9.59 Å². The van der Waals surface area contributed by atoms with Crippen LogP contribution in [0.25, 0.3) is 0 Å². The van der Waals surface area contributed by atoms with Gasteiger partial charge in [0.15, 0.2) is 0 Å². The van der Waals surface area contributed by atoms with Crippen molar-refractivity contribution in [2.45, 2.75) is 69.6 Å². The number of Topliss-reactive ketones (excluding diaryl/α,β-unsaturated/α-hetero) is 1. The molecule has 0 aliphatic heterocycles. The van der Waals surface area contributed by atoms with Gasteiger partial charge in [-0.25, -0.2) is 0 Å². The second kappa shape index (κ2) is 6.08. The molecule has 144 valence electrons. The maximum Gasteiger partial charge on any atom is 0.252 e. The van der Waals surface area contributed by atoms with Crippen LogP contribution in [-0.4, -0.2) is 16.8 Å². The Morgan fingerprint density at radius 3 is 2.74 bits per heavy atom. The highest BCUT2D eigenvalue weighted by molar-refractivity contribution is 5.96. The predicted octanol–water partition coefficient (Wildman–Crippen LogP) is 3.87. The minimum absolute atomic E-state index is 0.0515. The molecule has 2 bridgehead atoms. The van der Waals surface area contributed by atoms with Crippen LogP contribution in [0.1, 0.15) is 79.3 Å². The van der Waals surface area contributed by atoms with Crippen LogP contribution < -0.4 is 5.73 Å². The molecule has 4 unspecified atom stereocenters. The van der Waals surface area contributed by atoms with E-state index in [9.17, 15) is 14.7 Å². The third-order valence-corrected chi connectivity index (χ3v) is 8.38. The van der Waals surface area contributed by atoms with Crippen LogP contribution in [0.4, 0.5) is 0 Å². The SMILES string of the molecule is NC(=O)c1ccc2c(c1O)C13CCC(CC4CCC4)C(C2)C1CCC(=O)C3. The lowest BCUT2D eigenvalue weighted by molar-refractivity contribution is -0.127. The lowest BCUT2D eigenvalue weighted by atomic mass is 9.45. The smallest absolute Gasteiger partial charge is 0.252 e. The first-order valence-corrected chi connectivity index (χ1v) is 10.7. The lowest BCUT2D eigenvalue weighted by Crippen LogP contribution is -2.54. The van der Waals surface area contributed by atoms with Crippen molar-refractivity contribution in [2.24, 2.45) is 29.4 Å². The summed E-state index contributed by atoms with van der Waals surface area (Å²) in [6.45, 7) is 0. The Hall–Kier alpha value is -1.84. The second-order valence-corrected chi connectivity index (χ2v) is 9.58. The Labute approximate surface area is 160 Å². The molecule has 4 aliphatic carbocycles. The van der Waals surface area contributed by atoms with Crippen LogP contribution in [0, 0.1) is 23.7 Å². The molecule has 3 fully saturated rings. The van der Waals surface area contributed by atoms with Crippen LogP contribution in [0.15, 0.2) is 12.1 Å². The summed E-state index contributed by atoms with van der Waals surface area (Å²) >= 11 is 0. The van der Waals surface area contributed by atoms with Gasteiger partial charge in [-0.05, 0) is 67.4 Å². The highest BCUT2D eigenvalue weighted by Crippen LogP contribution is 2.62. The second-order valence-electron chi connectivity index (χ2n) is 9.58. The number of carbonyl (C=O) groups is 2. The highest BCUT2D eigenvalue weighted by Gasteiger charge is 2.57. The van der Waals surface area contributed by atoms with Crippen molar-refractivity contribution in [3.8, 4) is 5.75 Å². The molecule has 1 aromatic rings. The molecular formula is C23H29NO3. The van der Waals surface area contributed by atoms with Crippen molar-refractivity contribution < 1.29 is 14.7 Å². The van der Waals surface area contributed by atoms with Crippen LogP contribution >= 0.6 is 0 Å². The molecule has 4 aliphatic rings. The largest absolute Gasteiger partial charge is 0.507 e. The number of benzene rings is 1. The molecule has 0 radical (unpaired) electrons. The first-order valence-electron chi connectivity index (χ1n) is 10.7. The van der Waals surface area contributed by atoms with Gasteiger partial charge in [-0.15, -0.1) is 0 Å². The number of primary amides is 1. The summed E-state index contributed by atoms with van der Waals surface area (Å²) in [6.07, 6.45) is 10.7. The number of ketones is 1. The quantitative estimate of drug-likeness (QED) is 0.851. The number of rotatable bonds is 3.